The highest BCUT2D eigenvalue weighted by atomic mass is 16.5. The van der Waals surface area contributed by atoms with Crippen molar-refractivity contribution >= 4 is 29.0 Å². The van der Waals surface area contributed by atoms with Crippen molar-refractivity contribution in [1.82, 2.24) is 9.99 Å². The van der Waals surface area contributed by atoms with E-state index in [0.717, 1.165) is 27.7 Å². The van der Waals surface area contributed by atoms with Gasteiger partial charge < -0.3 is 9.30 Å². The molecule has 3 aromatic rings. The summed E-state index contributed by atoms with van der Waals surface area (Å²) in [6.07, 6.45) is 1.62. The van der Waals surface area contributed by atoms with E-state index in [9.17, 15) is 9.59 Å². The van der Waals surface area contributed by atoms with Gasteiger partial charge in [0, 0.05) is 27.7 Å². The Labute approximate surface area is 163 Å². The van der Waals surface area contributed by atoms with E-state index < -0.39 is 0 Å². The van der Waals surface area contributed by atoms with Crippen LogP contribution < -0.4 is 5.43 Å². The van der Waals surface area contributed by atoms with Gasteiger partial charge in [-0.2, -0.15) is 5.10 Å². The molecule has 0 bridgehead atoms. The van der Waals surface area contributed by atoms with Crippen LogP contribution in [0.15, 0.2) is 53.6 Å². The third-order valence-electron chi connectivity index (χ3n) is 4.62. The molecule has 0 atom stereocenters. The number of esters is 1. The summed E-state index contributed by atoms with van der Waals surface area (Å²) in [6.45, 7) is 6.06. The van der Waals surface area contributed by atoms with Crippen molar-refractivity contribution < 1.29 is 14.3 Å². The van der Waals surface area contributed by atoms with E-state index in [1.54, 1.807) is 19.2 Å². The first kappa shape index (κ1) is 19.4. The average Bonchev–Trinajstić information content (AvgIpc) is 2.94. The molecular weight excluding hydrogens is 354 g/mol. The highest BCUT2D eigenvalue weighted by Crippen LogP contribution is 2.24. The Morgan fingerprint density at radius 1 is 1.11 bits per heavy atom. The van der Waals surface area contributed by atoms with Gasteiger partial charge in [-0.3, -0.25) is 9.59 Å². The quantitative estimate of drug-likeness (QED) is 0.405. The van der Waals surface area contributed by atoms with Crippen LogP contribution in [0.2, 0.25) is 0 Å². The zero-order valence-electron chi connectivity index (χ0n) is 16.2. The number of rotatable bonds is 6. The van der Waals surface area contributed by atoms with Crippen LogP contribution in [0.3, 0.4) is 0 Å². The number of aryl methyl sites for hydroxylation is 1. The molecule has 1 aromatic heterocycles. The summed E-state index contributed by atoms with van der Waals surface area (Å²) in [5.41, 5.74) is 6.70. The minimum Gasteiger partial charge on any atom is -0.465 e. The fraction of sp³-hybridized carbons (Fsp3) is 0.227. The van der Waals surface area contributed by atoms with E-state index in [2.05, 4.69) is 10.5 Å². The molecule has 1 N–H and O–H groups in total. The highest BCUT2D eigenvalue weighted by molar-refractivity contribution is 6.02. The maximum Gasteiger partial charge on any atom is 0.325 e. The summed E-state index contributed by atoms with van der Waals surface area (Å²) in [5.74, 6) is -0.551. The number of hydrogen-bond acceptors (Lipinski definition) is 4. The van der Waals surface area contributed by atoms with Crippen molar-refractivity contribution in [3.8, 4) is 0 Å². The number of nitrogens with one attached hydrogen (secondary N) is 1. The first-order valence-electron chi connectivity index (χ1n) is 9.15. The Balaban J connectivity index is 1.88. The number of fused-ring (bicyclic) bond motifs is 1. The van der Waals surface area contributed by atoms with Crippen LogP contribution in [0.4, 0.5) is 0 Å². The SMILES string of the molecule is CCOC(=O)Cn1c(C)c(/C=N/NC(=O)c2ccccc2C)c2ccccc21. The van der Waals surface area contributed by atoms with Gasteiger partial charge in [-0.25, -0.2) is 5.43 Å². The molecule has 0 radical (unpaired) electrons. The molecule has 1 heterocycles. The summed E-state index contributed by atoms with van der Waals surface area (Å²) in [4.78, 5) is 24.3. The second kappa shape index (κ2) is 8.52. The van der Waals surface area contributed by atoms with E-state index >= 15 is 0 Å². The van der Waals surface area contributed by atoms with Gasteiger partial charge in [0.2, 0.25) is 0 Å². The number of amides is 1. The number of carbonyl (C=O) groups is 2. The fourth-order valence-corrected chi connectivity index (χ4v) is 3.20. The zero-order valence-corrected chi connectivity index (χ0v) is 16.2. The van der Waals surface area contributed by atoms with Crippen molar-refractivity contribution in [2.45, 2.75) is 27.3 Å². The lowest BCUT2D eigenvalue weighted by Crippen LogP contribution is -2.18. The molecule has 6 nitrogen and oxygen atoms in total. The first-order valence-corrected chi connectivity index (χ1v) is 9.15. The number of ether oxygens (including phenoxy) is 1. The summed E-state index contributed by atoms with van der Waals surface area (Å²) in [5, 5.41) is 5.10. The molecule has 0 unspecified atom stereocenters. The Bertz CT molecular complexity index is 1050. The number of nitrogens with zero attached hydrogens (tertiary/aromatic N) is 2. The number of hydrazone groups is 1. The van der Waals surface area contributed by atoms with Crippen LogP contribution in [0.25, 0.3) is 10.9 Å². The van der Waals surface area contributed by atoms with Crippen molar-refractivity contribution in [2.24, 2.45) is 5.10 Å². The predicted octanol–water partition coefficient (Wildman–Crippen LogP) is 3.59. The number of para-hydroxylation sites is 1. The third-order valence-corrected chi connectivity index (χ3v) is 4.62. The molecule has 144 valence electrons. The molecule has 0 spiro atoms. The van der Waals surface area contributed by atoms with E-state index in [0.29, 0.717) is 12.2 Å². The molecular formula is C22H23N3O3. The predicted molar refractivity (Wildman–Crippen MR) is 110 cm³/mol. The number of aromatic nitrogens is 1. The minimum atomic E-state index is -0.289. The smallest absolute Gasteiger partial charge is 0.325 e. The van der Waals surface area contributed by atoms with Crippen LogP contribution in [0, 0.1) is 13.8 Å². The third kappa shape index (κ3) is 3.96. The molecule has 0 saturated heterocycles. The van der Waals surface area contributed by atoms with Crippen LogP contribution in [-0.4, -0.2) is 29.3 Å². The van der Waals surface area contributed by atoms with Crippen molar-refractivity contribution in [1.29, 1.82) is 0 Å². The highest BCUT2D eigenvalue weighted by Gasteiger charge is 2.15. The molecule has 1 amide bonds. The monoisotopic (exact) mass is 377 g/mol. The van der Waals surface area contributed by atoms with Gasteiger partial charge >= 0.3 is 5.97 Å². The first-order chi connectivity index (χ1) is 13.5. The van der Waals surface area contributed by atoms with Gasteiger partial charge in [-0.15, -0.1) is 0 Å². The van der Waals surface area contributed by atoms with Gasteiger partial charge in [-0.1, -0.05) is 36.4 Å². The molecule has 3 rings (SSSR count). The number of carbonyl (C=O) groups excluding carboxylic acids is 2. The van der Waals surface area contributed by atoms with Crippen LogP contribution >= 0.6 is 0 Å². The maximum atomic E-state index is 12.3. The minimum absolute atomic E-state index is 0.129. The van der Waals surface area contributed by atoms with Gasteiger partial charge in [-0.05, 0) is 38.5 Å². The molecule has 0 aliphatic heterocycles. The second-order valence-corrected chi connectivity index (χ2v) is 6.42. The number of hydrogen-bond donors (Lipinski definition) is 1. The molecule has 0 saturated carbocycles. The summed E-state index contributed by atoms with van der Waals surface area (Å²) >= 11 is 0. The maximum absolute atomic E-state index is 12.3. The van der Waals surface area contributed by atoms with Gasteiger partial charge in [0.05, 0.1) is 12.8 Å². The van der Waals surface area contributed by atoms with E-state index in [1.807, 2.05) is 60.9 Å². The van der Waals surface area contributed by atoms with Crippen molar-refractivity contribution in [2.75, 3.05) is 6.61 Å². The summed E-state index contributed by atoms with van der Waals surface area (Å²) in [7, 11) is 0. The second-order valence-electron chi connectivity index (χ2n) is 6.42. The van der Waals surface area contributed by atoms with Gasteiger partial charge in [0.25, 0.3) is 5.91 Å². The topological polar surface area (TPSA) is 72.7 Å². The lowest BCUT2D eigenvalue weighted by molar-refractivity contribution is -0.143. The van der Waals surface area contributed by atoms with Gasteiger partial charge in [0.1, 0.15) is 6.54 Å². The molecule has 0 aliphatic carbocycles. The molecule has 0 fully saturated rings. The van der Waals surface area contributed by atoms with E-state index in [4.69, 9.17) is 4.74 Å². The molecule has 28 heavy (non-hydrogen) atoms. The number of benzene rings is 2. The van der Waals surface area contributed by atoms with Crippen LogP contribution in [0.5, 0.6) is 0 Å². The molecule has 2 aromatic carbocycles. The summed E-state index contributed by atoms with van der Waals surface area (Å²) < 4.78 is 6.98. The van der Waals surface area contributed by atoms with Crippen molar-refractivity contribution in [3.05, 3.63) is 70.9 Å². The fourth-order valence-electron chi connectivity index (χ4n) is 3.20. The Morgan fingerprint density at radius 3 is 2.57 bits per heavy atom. The summed E-state index contributed by atoms with van der Waals surface area (Å²) in [6, 6.07) is 15.1. The Kier molecular flexibility index (Phi) is 5.89. The zero-order chi connectivity index (χ0) is 20.1. The van der Waals surface area contributed by atoms with Crippen LogP contribution in [0.1, 0.15) is 34.1 Å². The van der Waals surface area contributed by atoms with Crippen LogP contribution in [-0.2, 0) is 16.1 Å². The Hall–Kier alpha value is -3.41. The normalized spacial score (nSPS) is 11.1. The van der Waals surface area contributed by atoms with E-state index in [1.165, 1.54) is 0 Å². The Morgan fingerprint density at radius 2 is 1.82 bits per heavy atom. The molecule has 0 aliphatic rings. The lowest BCUT2D eigenvalue weighted by Gasteiger charge is -2.07. The standard InChI is InChI=1S/C22H23N3O3/c1-4-28-21(26)14-25-16(3)19(18-11-7-8-12-20(18)25)13-23-24-22(27)17-10-6-5-9-15(17)2/h5-13H,4,14H2,1-3H3,(H,24,27)/b23-13+. The largest absolute Gasteiger partial charge is 0.465 e. The van der Waals surface area contributed by atoms with Crippen molar-refractivity contribution in [3.63, 3.8) is 0 Å². The van der Waals surface area contributed by atoms with E-state index in [-0.39, 0.29) is 18.4 Å². The average molecular weight is 377 g/mol. The molecule has 6 heteroatoms. The lowest BCUT2D eigenvalue weighted by atomic mass is 10.1. The van der Waals surface area contributed by atoms with Gasteiger partial charge in [0.15, 0.2) is 0 Å².